The zero-order valence-electron chi connectivity index (χ0n) is 15.1. The van der Waals surface area contributed by atoms with Gasteiger partial charge in [0.2, 0.25) is 5.91 Å². The van der Waals surface area contributed by atoms with Gasteiger partial charge in [0.1, 0.15) is 5.01 Å². The van der Waals surface area contributed by atoms with Crippen LogP contribution < -0.4 is 0 Å². The van der Waals surface area contributed by atoms with E-state index in [0.29, 0.717) is 6.42 Å². The SMILES string of the molecule is CC(CC(=O)N1CCCCC1c1nc2ccccc2s1)c1ccccc1. The van der Waals surface area contributed by atoms with E-state index in [4.69, 9.17) is 4.98 Å². The number of aromatic nitrogens is 1. The van der Waals surface area contributed by atoms with E-state index >= 15 is 0 Å². The molecule has 3 nitrogen and oxygen atoms in total. The van der Waals surface area contributed by atoms with Crippen LogP contribution in [0.15, 0.2) is 54.6 Å². The number of hydrogen-bond donors (Lipinski definition) is 0. The summed E-state index contributed by atoms with van der Waals surface area (Å²) in [5.74, 6) is 0.493. The van der Waals surface area contributed by atoms with Crippen molar-refractivity contribution in [3.05, 3.63) is 65.2 Å². The van der Waals surface area contributed by atoms with Crippen LogP contribution >= 0.6 is 11.3 Å². The number of hydrogen-bond acceptors (Lipinski definition) is 3. The Morgan fingerprint density at radius 3 is 2.73 bits per heavy atom. The Morgan fingerprint density at radius 1 is 1.15 bits per heavy atom. The molecule has 2 heterocycles. The van der Waals surface area contributed by atoms with E-state index in [1.807, 2.05) is 24.3 Å². The van der Waals surface area contributed by atoms with Crippen LogP contribution in [-0.2, 0) is 4.79 Å². The van der Waals surface area contributed by atoms with Gasteiger partial charge in [-0.15, -0.1) is 11.3 Å². The molecule has 4 rings (SSSR count). The summed E-state index contributed by atoms with van der Waals surface area (Å²) in [6.07, 6.45) is 3.84. The van der Waals surface area contributed by atoms with Crippen LogP contribution in [0.2, 0.25) is 0 Å². The summed E-state index contributed by atoms with van der Waals surface area (Å²) in [5, 5.41) is 1.09. The fraction of sp³-hybridized carbons (Fsp3) is 0.364. The van der Waals surface area contributed by atoms with E-state index in [9.17, 15) is 4.79 Å². The van der Waals surface area contributed by atoms with Crippen molar-refractivity contribution in [3.63, 3.8) is 0 Å². The summed E-state index contributed by atoms with van der Waals surface area (Å²) in [6.45, 7) is 2.99. The second-order valence-corrected chi connectivity index (χ2v) is 8.20. The Balaban J connectivity index is 1.54. The maximum absolute atomic E-state index is 13.1. The van der Waals surface area contributed by atoms with Gasteiger partial charge < -0.3 is 4.90 Å². The van der Waals surface area contributed by atoms with Crippen LogP contribution in [0.1, 0.15) is 55.1 Å². The number of fused-ring (bicyclic) bond motifs is 1. The van der Waals surface area contributed by atoms with Gasteiger partial charge >= 0.3 is 0 Å². The zero-order valence-corrected chi connectivity index (χ0v) is 15.9. The van der Waals surface area contributed by atoms with E-state index in [0.717, 1.165) is 29.9 Å². The smallest absolute Gasteiger partial charge is 0.223 e. The van der Waals surface area contributed by atoms with Crippen molar-refractivity contribution in [1.29, 1.82) is 0 Å². The van der Waals surface area contributed by atoms with Gasteiger partial charge in [-0.05, 0) is 42.9 Å². The van der Waals surface area contributed by atoms with Crippen LogP contribution in [0.25, 0.3) is 10.2 Å². The number of para-hydroxylation sites is 1. The fourth-order valence-electron chi connectivity index (χ4n) is 3.80. The van der Waals surface area contributed by atoms with Gasteiger partial charge in [0.15, 0.2) is 0 Å². The Bertz CT molecular complexity index is 856. The van der Waals surface area contributed by atoms with Crippen LogP contribution in [0.4, 0.5) is 0 Å². The number of nitrogens with zero attached hydrogens (tertiary/aromatic N) is 2. The predicted molar refractivity (Wildman–Crippen MR) is 107 cm³/mol. The minimum atomic E-state index is 0.136. The Labute approximate surface area is 158 Å². The quantitative estimate of drug-likeness (QED) is 0.608. The molecule has 1 aliphatic heterocycles. The normalized spacial score (nSPS) is 18.8. The molecule has 0 aliphatic carbocycles. The lowest BCUT2D eigenvalue weighted by atomic mass is 9.95. The summed E-state index contributed by atoms with van der Waals surface area (Å²) in [4.78, 5) is 20.0. The second kappa shape index (κ2) is 7.58. The zero-order chi connectivity index (χ0) is 17.9. The van der Waals surface area contributed by atoms with E-state index in [2.05, 4.69) is 42.2 Å². The molecule has 0 N–H and O–H groups in total. The van der Waals surface area contributed by atoms with E-state index in [1.54, 1.807) is 11.3 Å². The van der Waals surface area contributed by atoms with E-state index in [1.165, 1.54) is 16.7 Å². The number of carbonyl (C=O) groups excluding carboxylic acids is 1. The summed E-state index contributed by atoms with van der Waals surface area (Å²) in [7, 11) is 0. The standard InChI is InChI=1S/C22H24N2OS/c1-16(17-9-3-2-4-10-17)15-21(25)24-14-8-7-12-19(24)22-23-18-11-5-6-13-20(18)26-22/h2-6,9-11,13,16,19H,7-8,12,14-15H2,1H3. The predicted octanol–water partition coefficient (Wildman–Crippen LogP) is 5.54. The van der Waals surface area contributed by atoms with Crippen molar-refractivity contribution < 1.29 is 4.79 Å². The summed E-state index contributed by atoms with van der Waals surface area (Å²) in [6, 6.07) is 18.7. The molecule has 2 aromatic carbocycles. The van der Waals surface area contributed by atoms with Crippen molar-refractivity contribution in [2.24, 2.45) is 0 Å². The molecule has 2 atom stereocenters. The Kier molecular flexibility index (Phi) is 5.02. The van der Waals surface area contributed by atoms with Crippen molar-refractivity contribution in [2.45, 2.75) is 44.6 Å². The molecule has 1 saturated heterocycles. The Morgan fingerprint density at radius 2 is 1.92 bits per heavy atom. The van der Waals surface area contributed by atoms with Gasteiger partial charge in [0.25, 0.3) is 0 Å². The maximum Gasteiger partial charge on any atom is 0.223 e. The third-order valence-electron chi connectivity index (χ3n) is 5.27. The third kappa shape index (κ3) is 3.51. The summed E-state index contributed by atoms with van der Waals surface area (Å²) < 4.78 is 1.21. The molecule has 26 heavy (non-hydrogen) atoms. The molecule has 1 fully saturated rings. The first-order chi connectivity index (χ1) is 12.7. The van der Waals surface area contributed by atoms with Gasteiger partial charge in [-0.1, -0.05) is 49.4 Å². The van der Waals surface area contributed by atoms with Gasteiger partial charge in [-0.2, -0.15) is 0 Å². The highest BCUT2D eigenvalue weighted by Crippen LogP contribution is 2.36. The van der Waals surface area contributed by atoms with Crippen molar-refractivity contribution in [1.82, 2.24) is 9.88 Å². The molecule has 1 aliphatic rings. The fourth-order valence-corrected chi connectivity index (χ4v) is 4.91. The largest absolute Gasteiger partial charge is 0.333 e. The number of piperidine rings is 1. The monoisotopic (exact) mass is 364 g/mol. The molecule has 0 radical (unpaired) electrons. The number of rotatable bonds is 4. The minimum absolute atomic E-state index is 0.136. The van der Waals surface area contributed by atoms with Crippen LogP contribution in [0.5, 0.6) is 0 Å². The molecule has 4 heteroatoms. The molecule has 1 aromatic heterocycles. The van der Waals surface area contributed by atoms with Gasteiger partial charge in [0, 0.05) is 13.0 Å². The lowest BCUT2D eigenvalue weighted by Gasteiger charge is -2.35. The lowest BCUT2D eigenvalue weighted by molar-refractivity contribution is -0.135. The number of thiazole rings is 1. The molecule has 3 aromatic rings. The van der Waals surface area contributed by atoms with E-state index < -0.39 is 0 Å². The average molecular weight is 365 g/mol. The number of amides is 1. The Hall–Kier alpha value is -2.20. The molecule has 134 valence electrons. The summed E-state index contributed by atoms with van der Waals surface area (Å²) in [5.41, 5.74) is 2.28. The number of benzene rings is 2. The van der Waals surface area contributed by atoms with Gasteiger partial charge in [-0.3, -0.25) is 4.79 Å². The van der Waals surface area contributed by atoms with Crippen LogP contribution in [-0.4, -0.2) is 22.3 Å². The first-order valence-corrected chi connectivity index (χ1v) is 10.2. The second-order valence-electron chi connectivity index (χ2n) is 7.13. The first kappa shape index (κ1) is 17.2. The lowest BCUT2D eigenvalue weighted by Crippen LogP contribution is -2.38. The van der Waals surface area contributed by atoms with E-state index in [-0.39, 0.29) is 17.9 Å². The van der Waals surface area contributed by atoms with Crippen molar-refractivity contribution in [2.75, 3.05) is 6.54 Å². The van der Waals surface area contributed by atoms with Crippen LogP contribution in [0.3, 0.4) is 0 Å². The maximum atomic E-state index is 13.1. The highest BCUT2D eigenvalue weighted by Gasteiger charge is 2.30. The van der Waals surface area contributed by atoms with Crippen LogP contribution in [0, 0.1) is 0 Å². The minimum Gasteiger partial charge on any atom is -0.333 e. The number of likely N-dealkylation sites (tertiary alicyclic amines) is 1. The summed E-state index contributed by atoms with van der Waals surface area (Å²) >= 11 is 1.74. The average Bonchev–Trinajstić information content (AvgIpc) is 3.12. The number of carbonyl (C=O) groups is 1. The molecule has 0 spiro atoms. The highest BCUT2D eigenvalue weighted by atomic mass is 32.1. The molecule has 2 unspecified atom stereocenters. The molecular formula is C22H24N2OS. The molecule has 0 saturated carbocycles. The first-order valence-electron chi connectivity index (χ1n) is 9.42. The third-order valence-corrected chi connectivity index (χ3v) is 6.41. The van der Waals surface area contributed by atoms with Crippen molar-refractivity contribution >= 4 is 27.5 Å². The molecule has 1 amide bonds. The molecular weight excluding hydrogens is 340 g/mol. The highest BCUT2D eigenvalue weighted by molar-refractivity contribution is 7.18. The topological polar surface area (TPSA) is 33.2 Å². The van der Waals surface area contributed by atoms with Gasteiger partial charge in [0.05, 0.1) is 16.3 Å². The van der Waals surface area contributed by atoms with Crippen molar-refractivity contribution in [3.8, 4) is 0 Å². The van der Waals surface area contributed by atoms with Gasteiger partial charge in [-0.25, -0.2) is 4.98 Å². The molecule has 0 bridgehead atoms.